The number of hydrogen-bond donors (Lipinski definition) is 0. The number of amides is 1. The molecule has 1 aromatic rings. The number of benzene rings is 1. The van der Waals surface area contributed by atoms with E-state index in [0.717, 1.165) is 36.0 Å². The molecule has 0 aromatic heterocycles. The van der Waals surface area contributed by atoms with Crippen LogP contribution in [0, 0.1) is 17.2 Å². The van der Waals surface area contributed by atoms with Crippen molar-refractivity contribution in [2.75, 3.05) is 7.05 Å². The molecule has 0 radical (unpaired) electrons. The summed E-state index contributed by atoms with van der Waals surface area (Å²) in [4.78, 5) is 15.0. The van der Waals surface area contributed by atoms with Crippen LogP contribution in [-0.4, -0.2) is 23.4 Å². The zero-order chi connectivity index (χ0) is 18.2. The van der Waals surface area contributed by atoms with Crippen molar-refractivity contribution in [1.82, 2.24) is 4.90 Å². The number of carbonyl (C=O) groups excluding carboxylic acids is 1. The molecule has 3 rings (SSSR count). The average molecular weight is 334 g/mol. The van der Waals surface area contributed by atoms with Crippen LogP contribution in [0.1, 0.15) is 51.2 Å². The van der Waals surface area contributed by atoms with Crippen LogP contribution in [0.15, 0.2) is 42.5 Å². The van der Waals surface area contributed by atoms with Crippen molar-refractivity contribution in [3.8, 4) is 6.07 Å². The van der Waals surface area contributed by atoms with Crippen molar-refractivity contribution in [2.24, 2.45) is 5.92 Å². The first-order valence-corrected chi connectivity index (χ1v) is 8.95. The summed E-state index contributed by atoms with van der Waals surface area (Å²) in [7, 11) is 1.91. The molecule has 2 unspecified atom stereocenters. The van der Waals surface area contributed by atoms with Crippen molar-refractivity contribution in [1.29, 1.82) is 5.26 Å². The van der Waals surface area contributed by atoms with E-state index in [1.165, 1.54) is 0 Å². The summed E-state index contributed by atoms with van der Waals surface area (Å²) >= 11 is 0. The second kappa shape index (κ2) is 6.19. The van der Waals surface area contributed by atoms with Crippen LogP contribution in [0.5, 0.6) is 0 Å². The molecule has 1 amide bonds. The molecule has 0 saturated carbocycles. The smallest absolute Gasteiger partial charge is 0.233 e. The van der Waals surface area contributed by atoms with Gasteiger partial charge in [-0.25, -0.2) is 0 Å². The second-order valence-electron chi connectivity index (χ2n) is 8.09. The van der Waals surface area contributed by atoms with E-state index in [1.54, 1.807) is 0 Å². The Hall–Kier alpha value is -2.34. The fraction of sp³-hybridized carbons (Fsp3) is 0.455. The highest BCUT2D eigenvalue weighted by Crippen LogP contribution is 2.41. The van der Waals surface area contributed by atoms with Gasteiger partial charge in [-0.05, 0) is 56.7 Å². The quantitative estimate of drug-likeness (QED) is 0.801. The van der Waals surface area contributed by atoms with Gasteiger partial charge in [0, 0.05) is 12.6 Å². The van der Waals surface area contributed by atoms with E-state index in [4.69, 9.17) is 0 Å². The summed E-state index contributed by atoms with van der Waals surface area (Å²) in [5.74, 6) is 0.117. The Bertz CT molecular complexity index is 796. The first-order chi connectivity index (χ1) is 11.8. The summed E-state index contributed by atoms with van der Waals surface area (Å²) in [5.41, 5.74) is 2.62. The third kappa shape index (κ3) is 3.02. The van der Waals surface area contributed by atoms with E-state index in [2.05, 4.69) is 57.2 Å². The van der Waals surface area contributed by atoms with E-state index in [1.807, 2.05) is 24.1 Å². The molecule has 1 heterocycles. The summed E-state index contributed by atoms with van der Waals surface area (Å²) in [6.45, 7) is 6.31. The zero-order valence-electron chi connectivity index (χ0n) is 15.5. The summed E-state index contributed by atoms with van der Waals surface area (Å²) in [6, 6.07) is 10.6. The van der Waals surface area contributed by atoms with E-state index >= 15 is 0 Å². The SMILES string of the molecule is CN1C(=O)C(C)(c2cccc(C3=CC(C#N)CC=C3)c2)CCC1(C)C. The second-order valence-corrected chi connectivity index (χ2v) is 8.09. The third-order valence-electron chi connectivity index (χ3n) is 5.99. The van der Waals surface area contributed by atoms with Gasteiger partial charge >= 0.3 is 0 Å². The maximum Gasteiger partial charge on any atom is 0.233 e. The Kier molecular flexibility index (Phi) is 4.33. The van der Waals surface area contributed by atoms with Gasteiger partial charge in [-0.3, -0.25) is 4.79 Å². The monoisotopic (exact) mass is 334 g/mol. The highest BCUT2D eigenvalue weighted by Gasteiger charge is 2.46. The molecule has 3 heteroatoms. The lowest BCUT2D eigenvalue weighted by molar-refractivity contribution is -0.145. The lowest BCUT2D eigenvalue weighted by Crippen LogP contribution is -2.57. The van der Waals surface area contributed by atoms with Crippen molar-refractivity contribution in [3.05, 3.63) is 53.6 Å². The normalized spacial score (nSPS) is 28.4. The van der Waals surface area contributed by atoms with E-state index in [-0.39, 0.29) is 17.4 Å². The van der Waals surface area contributed by atoms with Crippen molar-refractivity contribution in [3.63, 3.8) is 0 Å². The van der Waals surface area contributed by atoms with Crippen LogP contribution in [-0.2, 0) is 10.2 Å². The number of nitriles is 1. The van der Waals surface area contributed by atoms with Crippen LogP contribution < -0.4 is 0 Å². The van der Waals surface area contributed by atoms with Gasteiger partial charge in [-0.2, -0.15) is 5.26 Å². The average Bonchev–Trinajstić information content (AvgIpc) is 2.64. The molecule has 0 spiro atoms. The number of hydrogen-bond acceptors (Lipinski definition) is 2. The summed E-state index contributed by atoms with van der Waals surface area (Å²) in [6.07, 6.45) is 8.76. The maximum atomic E-state index is 13.1. The number of rotatable bonds is 2. The first-order valence-electron chi connectivity index (χ1n) is 8.95. The third-order valence-corrected chi connectivity index (χ3v) is 5.99. The van der Waals surface area contributed by atoms with Gasteiger partial charge in [0.05, 0.1) is 17.4 Å². The van der Waals surface area contributed by atoms with Gasteiger partial charge in [0.15, 0.2) is 0 Å². The number of nitrogens with zero attached hydrogens (tertiary/aromatic N) is 2. The molecular formula is C22H26N2O. The lowest BCUT2D eigenvalue weighted by Gasteiger charge is -2.48. The molecule has 3 nitrogen and oxygen atoms in total. The van der Waals surface area contributed by atoms with Gasteiger partial charge in [-0.1, -0.05) is 42.5 Å². The first kappa shape index (κ1) is 17.5. The molecular weight excluding hydrogens is 308 g/mol. The Morgan fingerprint density at radius 1 is 1.24 bits per heavy atom. The molecule has 1 aliphatic carbocycles. The van der Waals surface area contributed by atoms with Gasteiger partial charge in [0.1, 0.15) is 0 Å². The molecule has 130 valence electrons. The highest BCUT2D eigenvalue weighted by atomic mass is 16.2. The molecule has 1 fully saturated rings. The van der Waals surface area contributed by atoms with Gasteiger partial charge in [0.2, 0.25) is 5.91 Å². The highest BCUT2D eigenvalue weighted by molar-refractivity contribution is 5.89. The van der Waals surface area contributed by atoms with Gasteiger partial charge < -0.3 is 4.90 Å². The Morgan fingerprint density at radius 2 is 2.00 bits per heavy atom. The molecule has 0 N–H and O–H groups in total. The minimum Gasteiger partial charge on any atom is -0.340 e. The van der Waals surface area contributed by atoms with Crippen molar-refractivity contribution >= 4 is 11.5 Å². The predicted octanol–water partition coefficient (Wildman–Crippen LogP) is 4.46. The predicted molar refractivity (Wildman–Crippen MR) is 101 cm³/mol. The summed E-state index contributed by atoms with van der Waals surface area (Å²) < 4.78 is 0. The number of likely N-dealkylation sites (N-methyl/N-ethyl adjacent to an activating group) is 1. The molecule has 2 atom stereocenters. The van der Waals surface area contributed by atoms with Crippen LogP contribution in [0.25, 0.3) is 5.57 Å². The zero-order valence-corrected chi connectivity index (χ0v) is 15.5. The lowest BCUT2D eigenvalue weighted by atomic mass is 9.70. The van der Waals surface area contributed by atoms with Crippen LogP contribution in [0.4, 0.5) is 0 Å². The maximum absolute atomic E-state index is 13.1. The minimum atomic E-state index is -0.492. The number of likely N-dealkylation sites (tertiary alicyclic amines) is 1. The van der Waals surface area contributed by atoms with E-state index in [9.17, 15) is 10.1 Å². The molecule has 1 saturated heterocycles. The van der Waals surface area contributed by atoms with Gasteiger partial charge in [0.25, 0.3) is 0 Å². The van der Waals surface area contributed by atoms with Crippen LogP contribution in [0.3, 0.4) is 0 Å². The van der Waals surface area contributed by atoms with Crippen LogP contribution >= 0.6 is 0 Å². The number of allylic oxidation sites excluding steroid dienone is 4. The van der Waals surface area contributed by atoms with Gasteiger partial charge in [-0.15, -0.1) is 0 Å². The number of carbonyl (C=O) groups is 1. The fourth-order valence-corrected chi connectivity index (χ4v) is 3.75. The Balaban J connectivity index is 1.97. The molecule has 1 aromatic carbocycles. The van der Waals surface area contributed by atoms with Crippen molar-refractivity contribution in [2.45, 2.75) is 51.0 Å². The fourth-order valence-electron chi connectivity index (χ4n) is 3.75. The minimum absolute atomic E-state index is 0.0671. The molecule has 25 heavy (non-hydrogen) atoms. The van der Waals surface area contributed by atoms with Crippen LogP contribution in [0.2, 0.25) is 0 Å². The molecule has 1 aliphatic heterocycles. The van der Waals surface area contributed by atoms with E-state index < -0.39 is 5.41 Å². The Labute approximate surface area is 150 Å². The van der Waals surface area contributed by atoms with Crippen molar-refractivity contribution < 1.29 is 4.79 Å². The number of piperidine rings is 1. The Morgan fingerprint density at radius 3 is 2.72 bits per heavy atom. The molecule has 2 aliphatic rings. The summed E-state index contributed by atoms with van der Waals surface area (Å²) in [5, 5.41) is 9.19. The topological polar surface area (TPSA) is 44.1 Å². The largest absolute Gasteiger partial charge is 0.340 e. The van der Waals surface area contributed by atoms with E-state index in [0.29, 0.717) is 0 Å². The standard InChI is InChI=1S/C22H26N2O/c1-21(2)11-12-22(3,20(25)24(21)4)19-10-6-9-18(14-19)17-8-5-7-16(13-17)15-23/h5-6,8-10,13-14,16H,7,11-12H2,1-4H3. The molecule has 0 bridgehead atoms.